The van der Waals surface area contributed by atoms with E-state index in [9.17, 15) is 19.8 Å². The molecule has 0 spiro atoms. The van der Waals surface area contributed by atoms with Crippen molar-refractivity contribution in [3.05, 3.63) is 11.6 Å². The van der Waals surface area contributed by atoms with Crippen molar-refractivity contribution < 1.29 is 24.6 Å². The van der Waals surface area contributed by atoms with Crippen molar-refractivity contribution in [1.82, 2.24) is 5.32 Å². The number of rotatable bonds is 8. The van der Waals surface area contributed by atoms with Gasteiger partial charge in [0.1, 0.15) is 6.04 Å². The summed E-state index contributed by atoms with van der Waals surface area (Å²) in [4.78, 5) is 28.8. The Bertz CT molecular complexity index is 902. The van der Waals surface area contributed by atoms with Gasteiger partial charge in [-0.1, -0.05) is 24.6 Å². The second-order valence-electron chi connectivity index (χ2n) is 11.9. The maximum atomic E-state index is 12.2. The fraction of sp³-hybridized carbons (Fsp3) is 0.815. The molecule has 0 aromatic heterocycles. The Morgan fingerprint density at radius 2 is 1.91 bits per heavy atom. The Hall–Kier alpha value is -1.54. The Kier molecular flexibility index (Phi) is 7.64. The molecule has 1 amide bonds. The number of fused-ring (bicyclic) bond motifs is 5. The van der Waals surface area contributed by atoms with Gasteiger partial charge in [-0.05, 0) is 111 Å². The number of amides is 1. The van der Waals surface area contributed by atoms with Gasteiger partial charge in [-0.25, -0.2) is 4.79 Å². The average molecular weight is 507 g/mol. The van der Waals surface area contributed by atoms with Gasteiger partial charge in [0, 0.05) is 0 Å². The standard InChI is InChI=1S/C27H42N2O5S/c1-25-11-7-18(29-34-16-23(30)28-22(24(31)32)10-14-35-4)15-17(25)5-6-19-20(25)8-12-26(2)21(19)9-13-27(26,3)33/h15,19-22,33H,5-14,16H2,1-4H3,(H,28,30)(H,31,32)/b29-18+/t19-,20+,21+,22?,25+,26+,27+/m1/s1. The molecule has 4 aliphatic rings. The van der Waals surface area contributed by atoms with Gasteiger partial charge < -0.3 is 20.4 Å². The summed E-state index contributed by atoms with van der Waals surface area (Å²) in [6.45, 7) is 6.53. The smallest absolute Gasteiger partial charge is 0.326 e. The Morgan fingerprint density at radius 3 is 2.63 bits per heavy atom. The number of carboxylic acids is 1. The highest BCUT2D eigenvalue weighted by atomic mass is 32.2. The van der Waals surface area contributed by atoms with Gasteiger partial charge >= 0.3 is 5.97 Å². The van der Waals surface area contributed by atoms with E-state index in [1.54, 1.807) is 11.8 Å². The van der Waals surface area contributed by atoms with Gasteiger partial charge in [0.2, 0.25) is 0 Å². The molecule has 7 atom stereocenters. The summed E-state index contributed by atoms with van der Waals surface area (Å²) < 4.78 is 0. The van der Waals surface area contributed by atoms with Crippen molar-refractivity contribution in [1.29, 1.82) is 0 Å². The van der Waals surface area contributed by atoms with Crippen LogP contribution in [0.5, 0.6) is 0 Å². The van der Waals surface area contributed by atoms with E-state index in [0.29, 0.717) is 29.9 Å². The summed E-state index contributed by atoms with van der Waals surface area (Å²) in [6, 6.07) is -0.903. The summed E-state index contributed by atoms with van der Waals surface area (Å²) >= 11 is 1.55. The van der Waals surface area contributed by atoms with Crippen LogP contribution in [0, 0.1) is 28.6 Å². The first-order chi connectivity index (χ1) is 16.5. The molecule has 0 heterocycles. The van der Waals surface area contributed by atoms with E-state index in [1.165, 1.54) is 18.4 Å². The third-order valence-electron chi connectivity index (χ3n) is 10.2. The zero-order chi connectivity index (χ0) is 25.4. The molecule has 0 bridgehead atoms. The second-order valence-corrected chi connectivity index (χ2v) is 12.9. The van der Waals surface area contributed by atoms with E-state index in [-0.39, 0.29) is 17.4 Å². The second kappa shape index (κ2) is 10.1. The lowest BCUT2D eigenvalue weighted by molar-refractivity contribution is -0.142. The van der Waals surface area contributed by atoms with E-state index >= 15 is 0 Å². The predicted molar refractivity (Wildman–Crippen MR) is 138 cm³/mol. The van der Waals surface area contributed by atoms with Gasteiger partial charge in [-0.15, -0.1) is 0 Å². The van der Waals surface area contributed by atoms with Crippen molar-refractivity contribution >= 4 is 29.4 Å². The molecule has 4 rings (SSSR count). The van der Waals surface area contributed by atoms with E-state index in [0.717, 1.165) is 44.2 Å². The Balaban J connectivity index is 1.37. The van der Waals surface area contributed by atoms with Crippen molar-refractivity contribution in [2.45, 2.75) is 90.2 Å². The molecule has 4 aliphatic carbocycles. The number of carboxylic acid groups (broad SMARTS) is 1. The fourth-order valence-corrected chi connectivity index (χ4v) is 8.26. The van der Waals surface area contributed by atoms with Crippen LogP contribution >= 0.6 is 11.8 Å². The van der Waals surface area contributed by atoms with Crippen LogP contribution in [0.2, 0.25) is 0 Å². The van der Waals surface area contributed by atoms with Crippen LogP contribution in [0.1, 0.15) is 78.6 Å². The topological polar surface area (TPSA) is 108 Å². The minimum atomic E-state index is -1.03. The van der Waals surface area contributed by atoms with Gasteiger partial charge in [0.05, 0.1) is 11.3 Å². The third-order valence-corrected chi connectivity index (χ3v) is 10.8. The summed E-state index contributed by atoms with van der Waals surface area (Å²) in [5.74, 6) is 1.10. The molecular formula is C27H42N2O5S. The number of hydrogen-bond acceptors (Lipinski definition) is 6. The fourth-order valence-electron chi connectivity index (χ4n) is 7.79. The van der Waals surface area contributed by atoms with Crippen LogP contribution < -0.4 is 5.32 Å². The normalized spacial score (nSPS) is 40.2. The zero-order valence-electron chi connectivity index (χ0n) is 21.6. The van der Waals surface area contributed by atoms with E-state index in [2.05, 4.69) is 37.3 Å². The van der Waals surface area contributed by atoms with Crippen LogP contribution in [0.15, 0.2) is 16.8 Å². The van der Waals surface area contributed by atoms with E-state index in [1.807, 2.05) is 6.26 Å². The number of nitrogens with one attached hydrogen (secondary N) is 1. The number of oxime groups is 1. The summed E-state index contributed by atoms with van der Waals surface area (Å²) in [5, 5.41) is 27.1. The number of thioether (sulfide) groups is 1. The third kappa shape index (κ3) is 4.89. The molecule has 7 nitrogen and oxygen atoms in total. The van der Waals surface area contributed by atoms with Crippen molar-refractivity contribution in [2.75, 3.05) is 18.6 Å². The highest BCUT2D eigenvalue weighted by Crippen LogP contribution is 2.67. The first-order valence-electron chi connectivity index (χ1n) is 13.2. The van der Waals surface area contributed by atoms with Crippen LogP contribution in [0.25, 0.3) is 0 Å². The highest BCUT2D eigenvalue weighted by Gasteiger charge is 2.62. The first-order valence-corrected chi connectivity index (χ1v) is 14.5. The number of carbonyl (C=O) groups is 2. The van der Waals surface area contributed by atoms with Gasteiger partial charge in [0.15, 0.2) is 6.61 Å². The van der Waals surface area contributed by atoms with Crippen LogP contribution in [-0.2, 0) is 14.4 Å². The van der Waals surface area contributed by atoms with Gasteiger partial charge in [-0.2, -0.15) is 11.8 Å². The lowest BCUT2D eigenvalue weighted by Crippen LogP contribution is -2.53. The number of nitrogens with zero attached hydrogens (tertiary/aromatic N) is 1. The SMILES string of the molecule is CSCCC(NC(=O)CO/N=C1/C=C2CC[C@@H]3[C@H](CC[C@@]4(C)[C@H]3CC[C@]4(C)O)[C@@]2(C)CC1)C(=O)O. The molecule has 3 saturated carbocycles. The predicted octanol–water partition coefficient (Wildman–Crippen LogP) is 4.40. The monoisotopic (exact) mass is 506 g/mol. The van der Waals surface area contributed by atoms with Crippen molar-refractivity contribution in [2.24, 2.45) is 33.7 Å². The molecule has 196 valence electrons. The molecule has 1 unspecified atom stereocenters. The van der Waals surface area contributed by atoms with Gasteiger partial charge in [0.25, 0.3) is 5.91 Å². The molecule has 3 fully saturated rings. The Morgan fingerprint density at radius 1 is 1.17 bits per heavy atom. The Labute approximate surface area is 213 Å². The van der Waals surface area contributed by atoms with Crippen LogP contribution in [0.4, 0.5) is 0 Å². The van der Waals surface area contributed by atoms with Crippen LogP contribution in [-0.4, -0.2) is 58.1 Å². The van der Waals surface area contributed by atoms with Crippen molar-refractivity contribution in [3.63, 3.8) is 0 Å². The lowest BCUT2D eigenvalue weighted by atomic mass is 9.46. The van der Waals surface area contributed by atoms with Gasteiger partial charge in [-0.3, -0.25) is 4.79 Å². The van der Waals surface area contributed by atoms with Crippen LogP contribution in [0.3, 0.4) is 0 Å². The van der Waals surface area contributed by atoms with E-state index in [4.69, 9.17) is 4.84 Å². The van der Waals surface area contributed by atoms with E-state index < -0.39 is 23.5 Å². The van der Waals surface area contributed by atoms with Crippen molar-refractivity contribution in [3.8, 4) is 0 Å². The number of aliphatic hydroxyl groups is 1. The summed E-state index contributed by atoms with van der Waals surface area (Å²) in [7, 11) is 0. The number of aliphatic carboxylic acids is 1. The zero-order valence-corrected chi connectivity index (χ0v) is 22.5. The molecule has 0 radical (unpaired) electrons. The maximum Gasteiger partial charge on any atom is 0.326 e. The first kappa shape index (κ1) is 26.5. The number of allylic oxidation sites excluding steroid dienone is 2. The summed E-state index contributed by atoms with van der Waals surface area (Å²) in [6.07, 6.45) is 12.9. The molecule has 0 saturated heterocycles. The molecule has 35 heavy (non-hydrogen) atoms. The summed E-state index contributed by atoms with van der Waals surface area (Å²) in [5.41, 5.74) is 1.98. The quantitative estimate of drug-likeness (QED) is 0.421. The molecule has 3 N–H and O–H groups in total. The maximum absolute atomic E-state index is 12.2. The largest absolute Gasteiger partial charge is 0.480 e. The molecular weight excluding hydrogens is 464 g/mol. The minimum Gasteiger partial charge on any atom is -0.480 e. The minimum absolute atomic E-state index is 0.0382. The molecule has 0 aliphatic heterocycles. The highest BCUT2D eigenvalue weighted by molar-refractivity contribution is 7.98. The average Bonchev–Trinajstić information content (AvgIpc) is 3.05. The molecule has 0 aromatic rings. The molecule has 0 aromatic carbocycles. The number of hydrogen-bond donors (Lipinski definition) is 3. The number of carbonyl (C=O) groups excluding carboxylic acids is 1. The lowest BCUT2D eigenvalue weighted by Gasteiger charge is -2.59. The molecule has 8 heteroatoms.